The van der Waals surface area contributed by atoms with Crippen LogP contribution in [0.4, 0.5) is 0 Å². The Hall–Kier alpha value is -1.26. The Morgan fingerprint density at radius 3 is 2.90 bits per heavy atom. The average Bonchev–Trinajstić information content (AvgIpc) is 2.84. The van der Waals surface area contributed by atoms with E-state index in [0.717, 1.165) is 23.3 Å². The first kappa shape index (κ1) is 16.1. The minimum atomic E-state index is -0.250. The summed E-state index contributed by atoms with van der Waals surface area (Å²) in [6, 6.07) is 3.57. The zero-order valence-corrected chi connectivity index (χ0v) is 13.5. The van der Waals surface area contributed by atoms with E-state index >= 15 is 0 Å². The Morgan fingerprint density at radius 1 is 1.52 bits per heavy atom. The molecule has 21 heavy (non-hydrogen) atoms. The second-order valence-corrected chi connectivity index (χ2v) is 6.75. The van der Waals surface area contributed by atoms with Crippen LogP contribution in [-0.4, -0.2) is 19.7 Å². The van der Waals surface area contributed by atoms with Crippen LogP contribution in [0.5, 0.6) is 5.75 Å². The van der Waals surface area contributed by atoms with Gasteiger partial charge in [-0.15, -0.1) is 0 Å². The van der Waals surface area contributed by atoms with Crippen molar-refractivity contribution in [3.63, 3.8) is 0 Å². The molecule has 2 N–H and O–H groups in total. The highest BCUT2D eigenvalue weighted by Gasteiger charge is 2.29. The van der Waals surface area contributed by atoms with Gasteiger partial charge in [-0.3, -0.25) is 4.79 Å². The van der Waals surface area contributed by atoms with Crippen molar-refractivity contribution in [1.82, 2.24) is 0 Å². The van der Waals surface area contributed by atoms with Gasteiger partial charge in [-0.05, 0) is 29.5 Å². The number of carbonyl (C=O) groups excluding carboxylic acids is 1. The summed E-state index contributed by atoms with van der Waals surface area (Å²) in [7, 11) is 1.40. The monoisotopic (exact) mass is 311 g/mol. The van der Waals surface area contributed by atoms with Crippen LogP contribution < -0.4 is 10.5 Å². The van der Waals surface area contributed by atoms with E-state index in [2.05, 4.69) is 0 Å². The predicted molar refractivity (Wildman–Crippen MR) is 82.6 cm³/mol. The number of benzene rings is 1. The van der Waals surface area contributed by atoms with E-state index in [4.69, 9.17) is 26.8 Å². The van der Waals surface area contributed by atoms with Gasteiger partial charge in [-0.2, -0.15) is 0 Å². The molecule has 5 heteroatoms. The zero-order chi connectivity index (χ0) is 15.6. The van der Waals surface area contributed by atoms with Gasteiger partial charge in [-0.25, -0.2) is 0 Å². The van der Waals surface area contributed by atoms with Gasteiger partial charge in [0.2, 0.25) is 0 Å². The summed E-state index contributed by atoms with van der Waals surface area (Å²) in [6.45, 7) is 4.69. The standard InChI is InChI=1S/C16H22ClNO3/c1-16(2,9-14(19)20-3)8-13(18)12-7-11(17)6-10-4-5-21-15(10)12/h6-7,13H,4-5,8-9,18H2,1-3H3. The molecule has 4 nitrogen and oxygen atoms in total. The summed E-state index contributed by atoms with van der Waals surface area (Å²) < 4.78 is 10.4. The first-order valence-electron chi connectivity index (χ1n) is 7.10. The van der Waals surface area contributed by atoms with Crippen LogP contribution in [0, 0.1) is 5.41 Å². The molecule has 0 spiro atoms. The van der Waals surface area contributed by atoms with E-state index in [1.807, 2.05) is 26.0 Å². The number of carbonyl (C=O) groups is 1. The van der Waals surface area contributed by atoms with Gasteiger partial charge in [-0.1, -0.05) is 25.4 Å². The minimum Gasteiger partial charge on any atom is -0.493 e. The molecule has 1 aromatic carbocycles. The lowest BCUT2D eigenvalue weighted by molar-refractivity contribution is -0.143. The molecule has 0 saturated carbocycles. The van der Waals surface area contributed by atoms with E-state index in [9.17, 15) is 4.79 Å². The maximum Gasteiger partial charge on any atom is 0.306 e. The van der Waals surface area contributed by atoms with Crippen LogP contribution in [-0.2, 0) is 16.0 Å². The molecule has 0 aromatic heterocycles. The van der Waals surface area contributed by atoms with E-state index in [1.54, 1.807) is 0 Å². The Labute approximate surface area is 130 Å². The molecule has 116 valence electrons. The van der Waals surface area contributed by atoms with Crippen LogP contribution in [0.2, 0.25) is 5.02 Å². The van der Waals surface area contributed by atoms with Crippen molar-refractivity contribution in [3.05, 3.63) is 28.3 Å². The van der Waals surface area contributed by atoms with Gasteiger partial charge in [0.05, 0.1) is 20.1 Å². The highest BCUT2D eigenvalue weighted by atomic mass is 35.5. The van der Waals surface area contributed by atoms with Crippen LogP contribution in [0.3, 0.4) is 0 Å². The maximum atomic E-state index is 11.5. The highest BCUT2D eigenvalue weighted by Crippen LogP contribution is 2.40. The third-order valence-corrected chi connectivity index (χ3v) is 4.02. The molecule has 1 aliphatic rings. The number of nitrogens with two attached hydrogens (primary N) is 1. The largest absolute Gasteiger partial charge is 0.493 e. The number of methoxy groups -OCH3 is 1. The quantitative estimate of drug-likeness (QED) is 0.848. The summed E-state index contributed by atoms with van der Waals surface area (Å²) in [5.74, 6) is 0.639. The van der Waals surface area contributed by atoms with Crippen LogP contribution >= 0.6 is 11.6 Å². The SMILES string of the molecule is COC(=O)CC(C)(C)CC(N)c1cc(Cl)cc2c1OCC2. The van der Waals surface area contributed by atoms with Crippen molar-refractivity contribution in [1.29, 1.82) is 0 Å². The van der Waals surface area contributed by atoms with Gasteiger partial charge in [0.15, 0.2) is 0 Å². The second-order valence-electron chi connectivity index (χ2n) is 6.31. The third kappa shape index (κ3) is 3.89. The highest BCUT2D eigenvalue weighted by molar-refractivity contribution is 6.30. The number of rotatable bonds is 5. The summed E-state index contributed by atoms with van der Waals surface area (Å²) in [6.07, 6.45) is 1.85. The molecule has 0 aliphatic carbocycles. The number of halogens is 1. The van der Waals surface area contributed by atoms with Gasteiger partial charge in [0.25, 0.3) is 0 Å². The normalized spacial score (nSPS) is 15.3. The van der Waals surface area contributed by atoms with Crippen LogP contribution in [0.15, 0.2) is 12.1 Å². The molecular weight excluding hydrogens is 290 g/mol. The molecule has 0 fully saturated rings. The molecule has 0 saturated heterocycles. The van der Waals surface area contributed by atoms with Crippen molar-refractivity contribution in [2.45, 2.75) is 39.2 Å². The van der Waals surface area contributed by atoms with Crippen molar-refractivity contribution in [2.24, 2.45) is 11.1 Å². The van der Waals surface area contributed by atoms with Crippen molar-refractivity contribution < 1.29 is 14.3 Å². The van der Waals surface area contributed by atoms with Gasteiger partial charge >= 0.3 is 5.97 Å². The number of fused-ring (bicyclic) bond motifs is 1. The maximum absolute atomic E-state index is 11.5. The molecule has 1 aromatic rings. The molecular formula is C16H22ClNO3. The third-order valence-electron chi connectivity index (χ3n) is 3.80. The molecule has 1 aliphatic heterocycles. The summed E-state index contributed by atoms with van der Waals surface area (Å²) in [5, 5.41) is 0.676. The smallest absolute Gasteiger partial charge is 0.306 e. The number of hydrogen-bond donors (Lipinski definition) is 1. The molecule has 1 heterocycles. The lowest BCUT2D eigenvalue weighted by Gasteiger charge is -2.27. The Morgan fingerprint density at radius 2 is 2.24 bits per heavy atom. The van der Waals surface area contributed by atoms with E-state index < -0.39 is 0 Å². The Balaban J connectivity index is 2.17. The van der Waals surface area contributed by atoms with E-state index in [0.29, 0.717) is 24.5 Å². The summed E-state index contributed by atoms with van der Waals surface area (Å²) in [4.78, 5) is 11.5. The molecule has 1 unspecified atom stereocenters. The topological polar surface area (TPSA) is 61.5 Å². The van der Waals surface area contributed by atoms with Gasteiger partial charge < -0.3 is 15.2 Å². The van der Waals surface area contributed by atoms with Crippen molar-refractivity contribution in [2.75, 3.05) is 13.7 Å². The van der Waals surface area contributed by atoms with Crippen LogP contribution in [0.1, 0.15) is 43.9 Å². The van der Waals surface area contributed by atoms with Gasteiger partial charge in [0.1, 0.15) is 5.75 Å². The number of ether oxygens (including phenoxy) is 2. The lowest BCUT2D eigenvalue weighted by atomic mass is 9.80. The first-order chi connectivity index (χ1) is 9.82. The van der Waals surface area contributed by atoms with Gasteiger partial charge in [0, 0.05) is 23.0 Å². The Kier molecular flexibility index (Phi) is 4.79. The van der Waals surface area contributed by atoms with Crippen molar-refractivity contribution >= 4 is 17.6 Å². The van der Waals surface area contributed by atoms with Crippen molar-refractivity contribution in [3.8, 4) is 5.75 Å². The summed E-state index contributed by atoms with van der Waals surface area (Å²) in [5.41, 5.74) is 8.13. The molecule has 0 bridgehead atoms. The number of esters is 1. The second kappa shape index (κ2) is 6.24. The molecule has 0 amide bonds. The predicted octanol–water partition coefficient (Wildman–Crippen LogP) is 3.25. The minimum absolute atomic E-state index is 0.222. The van der Waals surface area contributed by atoms with E-state index in [-0.39, 0.29) is 17.4 Å². The first-order valence-corrected chi connectivity index (χ1v) is 7.48. The van der Waals surface area contributed by atoms with Crippen LogP contribution in [0.25, 0.3) is 0 Å². The number of hydrogen-bond acceptors (Lipinski definition) is 4. The average molecular weight is 312 g/mol. The Bertz CT molecular complexity index is 543. The molecule has 2 rings (SSSR count). The lowest BCUT2D eigenvalue weighted by Crippen LogP contribution is -2.25. The fourth-order valence-corrected chi connectivity index (χ4v) is 3.06. The zero-order valence-electron chi connectivity index (χ0n) is 12.7. The molecule has 1 atom stereocenters. The summed E-state index contributed by atoms with van der Waals surface area (Å²) >= 11 is 6.17. The fraction of sp³-hybridized carbons (Fsp3) is 0.562. The fourth-order valence-electron chi connectivity index (χ4n) is 2.81. The molecule has 0 radical (unpaired) electrons. The van der Waals surface area contributed by atoms with E-state index in [1.165, 1.54) is 7.11 Å².